The summed E-state index contributed by atoms with van der Waals surface area (Å²) in [7, 11) is -2.06. The molecule has 0 aromatic heterocycles. The zero-order valence-corrected chi connectivity index (χ0v) is 11.4. The summed E-state index contributed by atoms with van der Waals surface area (Å²) in [6.45, 7) is 6.61. The molecule has 2 atom stereocenters. The molecule has 1 heterocycles. The maximum atomic E-state index is 12.5. The Morgan fingerprint density at radius 1 is 1.53 bits per heavy atom. The van der Waals surface area contributed by atoms with Crippen molar-refractivity contribution >= 4 is 18.7 Å². The number of rotatable bonds is 4. The third-order valence-electron chi connectivity index (χ3n) is 2.71. The molecule has 0 bridgehead atoms. The van der Waals surface area contributed by atoms with Crippen LogP contribution in [0.3, 0.4) is 0 Å². The van der Waals surface area contributed by atoms with E-state index in [1.807, 2.05) is 13.8 Å². The Kier molecular flexibility index (Phi) is 4.89. The highest BCUT2D eigenvalue weighted by molar-refractivity contribution is 7.64. The summed E-state index contributed by atoms with van der Waals surface area (Å²) in [6, 6.07) is 0. The Balaban J connectivity index is 2.84. The lowest BCUT2D eigenvalue weighted by molar-refractivity contribution is 0.106. The van der Waals surface area contributed by atoms with Crippen LogP contribution in [-0.4, -0.2) is 31.2 Å². The van der Waals surface area contributed by atoms with Crippen LogP contribution in [0.5, 0.6) is 0 Å². The van der Waals surface area contributed by atoms with Gasteiger partial charge in [0.1, 0.15) is 0 Å². The number of hydrogen-bond acceptors (Lipinski definition) is 2. The van der Waals surface area contributed by atoms with Crippen molar-refractivity contribution in [1.82, 2.24) is 0 Å². The van der Waals surface area contributed by atoms with Crippen molar-refractivity contribution < 1.29 is 9.30 Å². The highest BCUT2D eigenvalue weighted by Crippen LogP contribution is 2.53. The van der Waals surface area contributed by atoms with Gasteiger partial charge in [0.25, 0.3) is 0 Å². The molecule has 0 amide bonds. The van der Waals surface area contributed by atoms with Gasteiger partial charge in [0.05, 0.1) is 13.2 Å². The SMILES string of the molecule is CCCP1(=O)CC(C)=C(Cl)C(OCC)C1. The highest BCUT2D eigenvalue weighted by Gasteiger charge is 2.34. The van der Waals surface area contributed by atoms with E-state index < -0.39 is 7.14 Å². The van der Waals surface area contributed by atoms with Crippen LogP contribution in [0.15, 0.2) is 10.6 Å². The van der Waals surface area contributed by atoms with Gasteiger partial charge in [-0.3, -0.25) is 0 Å². The first kappa shape index (κ1) is 13.3. The van der Waals surface area contributed by atoms with Crippen molar-refractivity contribution in [2.24, 2.45) is 0 Å². The van der Waals surface area contributed by atoms with E-state index >= 15 is 0 Å². The predicted octanol–water partition coefficient (Wildman–Crippen LogP) is 3.69. The maximum absolute atomic E-state index is 12.5. The quantitative estimate of drug-likeness (QED) is 0.712. The van der Waals surface area contributed by atoms with Gasteiger partial charge in [-0.05, 0) is 25.8 Å². The Morgan fingerprint density at radius 3 is 2.73 bits per heavy atom. The molecule has 0 spiro atoms. The van der Waals surface area contributed by atoms with Gasteiger partial charge in [0.2, 0.25) is 0 Å². The van der Waals surface area contributed by atoms with Crippen LogP contribution in [-0.2, 0) is 9.30 Å². The van der Waals surface area contributed by atoms with Crippen LogP contribution >= 0.6 is 18.7 Å². The number of allylic oxidation sites excluding steroid dienone is 1. The summed E-state index contributed by atoms with van der Waals surface area (Å²) < 4.78 is 18.0. The first-order valence-corrected chi connectivity index (χ1v) is 8.20. The van der Waals surface area contributed by atoms with Crippen LogP contribution in [0.2, 0.25) is 0 Å². The molecule has 0 saturated carbocycles. The van der Waals surface area contributed by atoms with Crippen LogP contribution in [0.4, 0.5) is 0 Å². The van der Waals surface area contributed by atoms with E-state index in [0.29, 0.717) is 18.9 Å². The molecule has 15 heavy (non-hydrogen) atoms. The molecule has 4 heteroatoms. The van der Waals surface area contributed by atoms with Gasteiger partial charge in [-0.1, -0.05) is 18.5 Å². The number of ether oxygens (including phenoxy) is 1. The summed E-state index contributed by atoms with van der Waals surface area (Å²) in [5.74, 6) is 0. The highest BCUT2D eigenvalue weighted by atomic mass is 35.5. The number of hydrogen-bond donors (Lipinski definition) is 0. The fourth-order valence-electron chi connectivity index (χ4n) is 2.13. The van der Waals surface area contributed by atoms with Crippen molar-refractivity contribution in [3.05, 3.63) is 10.6 Å². The van der Waals surface area contributed by atoms with Gasteiger partial charge in [-0.2, -0.15) is 0 Å². The fourth-order valence-corrected chi connectivity index (χ4v) is 5.75. The lowest BCUT2D eigenvalue weighted by atomic mass is 10.2. The third-order valence-corrected chi connectivity index (χ3v) is 6.59. The van der Waals surface area contributed by atoms with Gasteiger partial charge < -0.3 is 9.30 Å². The Hall–Kier alpha value is 0.220. The zero-order chi connectivity index (χ0) is 11.5. The molecular formula is C11H20ClO2P. The van der Waals surface area contributed by atoms with Crippen molar-refractivity contribution in [3.8, 4) is 0 Å². The molecule has 0 N–H and O–H groups in total. The van der Waals surface area contributed by atoms with Gasteiger partial charge in [-0.25, -0.2) is 0 Å². The van der Waals surface area contributed by atoms with E-state index in [0.717, 1.165) is 23.2 Å². The monoisotopic (exact) mass is 250 g/mol. The Labute approximate surface area is 97.4 Å². The summed E-state index contributed by atoms with van der Waals surface area (Å²) in [5.41, 5.74) is 1.05. The first-order chi connectivity index (χ1) is 7.02. The average Bonchev–Trinajstić information content (AvgIpc) is 2.14. The van der Waals surface area contributed by atoms with Gasteiger partial charge in [0.15, 0.2) is 0 Å². The summed E-state index contributed by atoms with van der Waals surface area (Å²) >= 11 is 6.17. The summed E-state index contributed by atoms with van der Waals surface area (Å²) in [5, 5.41) is 0.777. The van der Waals surface area contributed by atoms with E-state index in [2.05, 4.69) is 6.92 Å². The normalized spacial score (nSPS) is 32.1. The molecule has 1 aliphatic heterocycles. The summed E-state index contributed by atoms with van der Waals surface area (Å²) in [4.78, 5) is 0. The van der Waals surface area contributed by atoms with Crippen molar-refractivity contribution in [2.75, 3.05) is 25.1 Å². The maximum Gasteiger partial charge on any atom is 0.0997 e. The second-order valence-corrected chi connectivity index (χ2v) is 7.85. The molecule has 0 radical (unpaired) electrons. The van der Waals surface area contributed by atoms with Gasteiger partial charge in [-0.15, -0.1) is 0 Å². The van der Waals surface area contributed by atoms with E-state index in [-0.39, 0.29) is 6.10 Å². The van der Waals surface area contributed by atoms with Crippen LogP contribution in [0, 0.1) is 0 Å². The minimum atomic E-state index is -2.06. The molecule has 0 aromatic carbocycles. The zero-order valence-electron chi connectivity index (χ0n) is 9.75. The minimum Gasteiger partial charge on any atom is -0.372 e. The molecule has 0 aromatic rings. The molecule has 1 aliphatic rings. The van der Waals surface area contributed by atoms with Crippen LogP contribution < -0.4 is 0 Å². The third kappa shape index (κ3) is 3.34. The van der Waals surface area contributed by atoms with Crippen LogP contribution in [0.25, 0.3) is 0 Å². The number of halogens is 1. The molecule has 0 fully saturated rings. The molecule has 2 nitrogen and oxygen atoms in total. The van der Waals surface area contributed by atoms with E-state index in [1.165, 1.54) is 0 Å². The Bertz CT molecular complexity index is 299. The molecule has 0 saturated heterocycles. The van der Waals surface area contributed by atoms with E-state index in [1.54, 1.807) is 0 Å². The fraction of sp³-hybridized carbons (Fsp3) is 0.818. The molecular weight excluding hydrogens is 231 g/mol. The Morgan fingerprint density at radius 2 is 2.20 bits per heavy atom. The topological polar surface area (TPSA) is 26.3 Å². The van der Waals surface area contributed by atoms with Crippen molar-refractivity contribution in [2.45, 2.75) is 33.3 Å². The molecule has 1 rings (SSSR count). The van der Waals surface area contributed by atoms with Gasteiger partial charge >= 0.3 is 0 Å². The van der Waals surface area contributed by atoms with E-state index in [4.69, 9.17) is 16.3 Å². The van der Waals surface area contributed by atoms with Gasteiger partial charge in [0, 0.05) is 30.1 Å². The van der Waals surface area contributed by atoms with E-state index in [9.17, 15) is 4.57 Å². The average molecular weight is 251 g/mol. The standard InChI is InChI=1S/C11H20ClO2P/c1-4-6-15(13)7-9(3)11(12)10(8-15)14-5-2/h10H,4-8H2,1-3H3. The second-order valence-electron chi connectivity index (χ2n) is 4.19. The predicted molar refractivity (Wildman–Crippen MR) is 66.5 cm³/mol. The lowest BCUT2D eigenvalue weighted by Crippen LogP contribution is -2.25. The molecule has 88 valence electrons. The largest absolute Gasteiger partial charge is 0.372 e. The molecule has 0 aliphatic carbocycles. The molecule has 2 unspecified atom stereocenters. The van der Waals surface area contributed by atoms with Crippen molar-refractivity contribution in [1.29, 1.82) is 0 Å². The van der Waals surface area contributed by atoms with Crippen molar-refractivity contribution in [3.63, 3.8) is 0 Å². The minimum absolute atomic E-state index is 0.122. The smallest absolute Gasteiger partial charge is 0.0997 e. The first-order valence-electron chi connectivity index (χ1n) is 5.56. The summed E-state index contributed by atoms with van der Waals surface area (Å²) in [6.07, 6.45) is 2.98. The lowest BCUT2D eigenvalue weighted by Gasteiger charge is -2.30. The second kappa shape index (κ2) is 5.52. The van der Waals surface area contributed by atoms with Crippen LogP contribution in [0.1, 0.15) is 27.2 Å².